The second kappa shape index (κ2) is 12.1. The van der Waals surface area contributed by atoms with Crippen LogP contribution in [0.3, 0.4) is 0 Å². The van der Waals surface area contributed by atoms with Crippen LogP contribution in [-0.4, -0.2) is 57.8 Å². The monoisotopic (exact) mass is 492 g/mol. The number of hydrogen-bond acceptors (Lipinski definition) is 6. The normalized spacial score (nSPS) is 19.3. The van der Waals surface area contributed by atoms with Crippen LogP contribution >= 0.6 is 11.8 Å². The van der Waals surface area contributed by atoms with Crippen molar-refractivity contribution in [2.75, 3.05) is 32.1 Å². The van der Waals surface area contributed by atoms with Crippen LogP contribution in [0.25, 0.3) is 0 Å². The molecular formula is C28H36N4O2S. The van der Waals surface area contributed by atoms with Gasteiger partial charge in [0.25, 0.3) is 0 Å². The third kappa shape index (κ3) is 6.26. The predicted molar refractivity (Wildman–Crippen MR) is 140 cm³/mol. The number of nitrogens with zero attached hydrogens (tertiary/aromatic N) is 4. The van der Waals surface area contributed by atoms with Crippen molar-refractivity contribution in [3.05, 3.63) is 71.5 Å². The van der Waals surface area contributed by atoms with Gasteiger partial charge in [0, 0.05) is 30.4 Å². The second-order valence-electron chi connectivity index (χ2n) is 9.45. The summed E-state index contributed by atoms with van der Waals surface area (Å²) in [7, 11) is 0. The van der Waals surface area contributed by atoms with Crippen LogP contribution in [0.5, 0.6) is 5.75 Å². The molecule has 2 saturated heterocycles. The van der Waals surface area contributed by atoms with Crippen molar-refractivity contribution >= 4 is 11.8 Å². The van der Waals surface area contributed by atoms with E-state index in [2.05, 4.69) is 69.2 Å². The molecule has 3 heterocycles. The van der Waals surface area contributed by atoms with E-state index in [4.69, 9.17) is 14.6 Å². The molecule has 6 nitrogen and oxygen atoms in total. The summed E-state index contributed by atoms with van der Waals surface area (Å²) in [6.07, 6.45) is 4.85. The molecule has 186 valence electrons. The summed E-state index contributed by atoms with van der Waals surface area (Å²) in [5, 5.41) is 10.4. The summed E-state index contributed by atoms with van der Waals surface area (Å²) in [5.41, 5.74) is 2.56. The van der Waals surface area contributed by atoms with Crippen molar-refractivity contribution in [1.82, 2.24) is 19.7 Å². The lowest BCUT2D eigenvalue weighted by Crippen LogP contribution is -2.33. The van der Waals surface area contributed by atoms with Crippen LogP contribution in [0.15, 0.2) is 59.8 Å². The highest BCUT2D eigenvalue weighted by Gasteiger charge is 2.27. The first-order valence-electron chi connectivity index (χ1n) is 12.9. The number of rotatable bonds is 10. The first kappa shape index (κ1) is 24.3. The summed E-state index contributed by atoms with van der Waals surface area (Å²) in [6, 6.07) is 19.1. The summed E-state index contributed by atoms with van der Waals surface area (Å²) in [6.45, 7) is 7.50. The summed E-state index contributed by atoms with van der Waals surface area (Å²) in [5.74, 6) is 3.53. The van der Waals surface area contributed by atoms with Crippen molar-refractivity contribution in [3.8, 4) is 5.75 Å². The highest BCUT2D eigenvalue weighted by molar-refractivity contribution is 7.99. The molecule has 1 aromatic heterocycles. The van der Waals surface area contributed by atoms with Gasteiger partial charge >= 0.3 is 0 Å². The molecule has 1 atom stereocenters. The molecule has 0 amide bonds. The van der Waals surface area contributed by atoms with E-state index in [1.807, 2.05) is 6.92 Å². The molecule has 0 N–H and O–H groups in total. The number of thioether (sulfide) groups is 1. The molecule has 0 radical (unpaired) electrons. The molecule has 7 heteroatoms. The van der Waals surface area contributed by atoms with Crippen LogP contribution in [0, 0.1) is 0 Å². The smallest absolute Gasteiger partial charge is 0.191 e. The highest BCUT2D eigenvalue weighted by atomic mass is 32.2. The average Bonchev–Trinajstić information content (AvgIpc) is 3.55. The largest absolute Gasteiger partial charge is 0.494 e. The first-order chi connectivity index (χ1) is 17.3. The zero-order valence-corrected chi connectivity index (χ0v) is 21.5. The molecule has 5 rings (SSSR count). The number of ether oxygens (including phenoxy) is 2. The van der Waals surface area contributed by atoms with Crippen molar-refractivity contribution in [3.63, 3.8) is 0 Å². The van der Waals surface area contributed by atoms with Gasteiger partial charge in [-0.25, -0.2) is 0 Å². The van der Waals surface area contributed by atoms with Gasteiger partial charge in [0.05, 0.1) is 19.3 Å². The van der Waals surface area contributed by atoms with Crippen molar-refractivity contribution in [1.29, 1.82) is 0 Å². The topological polar surface area (TPSA) is 52.4 Å². The van der Waals surface area contributed by atoms with E-state index in [-0.39, 0.29) is 0 Å². The van der Waals surface area contributed by atoms with E-state index in [1.165, 1.54) is 17.5 Å². The van der Waals surface area contributed by atoms with Gasteiger partial charge in [0.1, 0.15) is 11.6 Å². The Morgan fingerprint density at radius 2 is 1.77 bits per heavy atom. The Balaban J connectivity index is 1.26. The second-order valence-corrected chi connectivity index (χ2v) is 10.4. The van der Waals surface area contributed by atoms with Gasteiger partial charge in [0.15, 0.2) is 5.16 Å². The fourth-order valence-corrected chi connectivity index (χ4v) is 6.10. The molecule has 0 spiro atoms. The number of piperidine rings is 1. The summed E-state index contributed by atoms with van der Waals surface area (Å²) < 4.78 is 14.1. The molecule has 0 saturated carbocycles. The molecular weight excluding hydrogens is 456 g/mol. The molecule has 2 aliphatic rings. The molecule has 3 aromatic rings. The van der Waals surface area contributed by atoms with Crippen LogP contribution < -0.4 is 4.74 Å². The van der Waals surface area contributed by atoms with Gasteiger partial charge in [0.2, 0.25) is 0 Å². The average molecular weight is 493 g/mol. The lowest BCUT2D eigenvalue weighted by Gasteiger charge is -2.32. The van der Waals surface area contributed by atoms with E-state index in [0.717, 1.165) is 74.5 Å². The Labute approximate surface area is 213 Å². The maximum atomic E-state index is 5.85. The maximum absolute atomic E-state index is 5.85. The molecule has 0 aliphatic carbocycles. The fraction of sp³-hybridized carbons (Fsp3) is 0.500. The van der Waals surface area contributed by atoms with Crippen molar-refractivity contribution in [2.24, 2.45) is 0 Å². The lowest BCUT2D eigenvalue weighted by atomic mass is 9.95. The van der Waals surface area contributed by atoms with Gasteiger partial charge in [-0.3, -0.25) is 4.90 Å². The van der Waals surface area contributed by atoms with Crippen LogP contribution in [0.1, 0.15) is 55.5 Å². The summed E-state index contributed by atoms with van der Waals surface area (Å²) in [4.78, 5) is 2.54. The SMILES string of the molecule is CCOc1ccccc1CN1CCC(c2nnc(SC[C@@H]3CCCO3)n2Cc2ccccc2)CC1. The van der Waals surface area contributed by atoms with E-state index in [9.17, 15) is 0 Å². The summed E-state index contributed by atoms with van der Waals surface area (Å²) >= 11 is 1.80. The molecule has 2 aliphatic heterocycles. The number of benzene rings is 2. The van der Waals surface area contributed by atoms with Gasteiger partial charge in [-0.2, -0.15) is 0 Å². The number of hydrogen-bond donors (Lipinski definition) is 0. The van der Waals surface area contributed by atoms with Crippen molar-refractivity contribution in [2.45, 2.75) is 62.9 Å². The molecule has 2 aromatic carbocycles. The van der Waals surface area contributed by atoms with E-state index in [1.54, 1.807) is 11.8 Å². The third-order valence-corrected chi connectivity index (χ3v) is 8.07. The molecule has 0 bridgehead atoms. The molecule has 35 heavy (non-hydrogen) atoms. The maximum Gasteiger partial charge on any atom is 0.191 e. The minimum absolute atomic E-state index is 0.341. The minimum atomic E-state index is 0.341. The van der Waals surface area contributed by atoms with E-state index in [0.29, 0.717) is 18.6 Å². The Kier molecular flexibility index (Phi) is 8.39. The Bertz CT molecular complexity index is 1060. The van der Waals surface area contributed by atoms with Crippen molar-refractivity contribution < 1.29 is 9.47 Å². The Morgan fingerprint density at radius 1 is 0.971 bits per heavy atom. The third-order valence-electron chi connectivity index (χ3n) is 6.97. The standard InChI is InChI=1S/C28H36N4O2S/c1-2-33-26-13-7-6-11-24(26)20-31-16-14-23(15-17-31)27-29-30-28(35-21-25-12-8-18-34-25)32(27)19-22-9-4-3-5-10-22/h3-7,9-11,13,23,25H,2,8,12,14-21H2,1H3/t25-/m0/s1. The van der Waals surface area contributed by atoms with E-state index < -0.39 is 0 Å². The zero-order chi connectivity index (χ0) is 23.9. The number of para-hydroxylation sites is 1. The van der Waals surface area contributed by atoms with Gasteiger partial charge in [-0.05, 0) is 57.3 Å². The van der Waals surface area contributed by atoms with Crippen LogP contribution in [0.4, 0.5) is 0 Å². The first-order valence-corrected chi connectivity index (χ1v) is 13.9. The molecule has 2 fully saturated rings. The zero-order valence-electron chi connectivity index (χ0n) is 20.6. The highest BCUT2D eigenvalue weighted by Crippen LogP contribution is 2.32. The van der Waals surface area contributed by atoms with E-state index >= 15 is 0 Å². The van der Waals surface area contributed by atoms with Gasteiger partial charge in [-0.15, -0.1) is 10.2 Å². The Morgan fingerprint density at radius 3 is 2.54 bits per heavy atom. The fourth-order valence-electron chi connectivity index (χ4n) is 5.09. The lowest BCUT2D eigenvalue weighted by molar-refractivity contribution is 0.129. The molecule has 0 unspecified atom stereocenters. The number of likely N-dealkylation sites (tertiary alicyclic amines) is 1. The number of aromatic nitrogens is 3. The van der Waals surface area contributed by atoms with Crippen LogP contribution in [-0.2, 0) is 17.8 Å². The van der Waals surface area contributed by atoms with Crippen LogP contribution in [0.2, 0.25) is 0 Å². The predicted octanol–water partition coefficient (Wildman–Crippen LogP) is 5.38. The van der Waals surface area contributed by atoms with Gasteiger partial charge < -0.3 is 14.0 Å². The quantitative estimate of drug-likeness (QED) is 0.355. The van der Waals surface area contributed by atoms with Gasteiger partial charge in [-0.1, -0.05) is 60.3 Å². The minimum Gasteiger partial charge on any atom is -0.494 e. The Hall–Kier alpha value is -2.35.